The highest BCUT2D eigenvalue weighted by Crippen LogP contribution is 2.40. The maximum Gasteiger partial charge on any atom is 0.423 e. The zero-order valence-electron chi connectivity index (χ0n) is 26.1. The molecular formula is C30H10Cl6F6N2O12. The van der Waals surface area contributed by atoms with E-state index in [1.807, 2.05) is 0 Å². The number of alkyl halides is 6. The molecule has 0 saturated carbocycles. The van der Waals surface area contributed by atoms with E-state index in [9.17, 15) is 65.7 Å². The molecule has 0 amide bonds. The molecule has 56 heavy (non-hydrogen) atoms. The monoisotopic (exact) mass is 914 g/mol. The van der Waals surface area contributed by atoms with Crippen LogP contribution in [0.1, 0.15) is 11.1 Å². The molecule has 0 atom stereocenters. The van der Waals surface area contributed by atoms with Crippen LogP contribution in [-0.2, 0) is 31.5 Å². The fourth-order valence-corrected chi connectivity index (χ4v) is 5.54. The van der Waals surface area contributed by atoms with Gasteiger partial charge in [0.2, 0.25) is 0 Å². The molecule has 0 aliphatic heterocycles. The van der Waals surface area contributed by atoms with Crippen molar-refractivity contribution in [1.29, 1.82) is 0 Å². The van der Waals surface area contributed by atoms with Gasteiger partial charge in [0.05, 0.1) is 29.9 Å². The molecule has 0 fully saturated rings. The van der Waals surface area contributed by atoms with Crippen molar-refractivity contribution in [3.8, 4) is 23.0 Å². The minimum atomic E-state index is -5.22. The van der Waals surface area contributed by atoms with Crippen LogP contribution in [0, 0.1) is 20.2 Å². The van der Waals surface area contributed by atoms with Gasteiger partial charge in [-0.15, -0.1) is 0 Å². The van der Waals surface area contributed by atoms with Gasteiger partial charge >= 0.3 is 36.2 Å². The number of hydrogen-bond acceptors (Lipinski definition) is 12. The van der Waals surface area contributed by atoms with Gasteiger partial charge in [-0.05, 0) is 36.4 Å². The first-order valence-corrected chi connectivity index (χ1v) is 15.9. The first-order chi connectivity index (χ1) is 25.8. The number of rotatable bonds is 6. The lowest BCUT2D eigenvalue weighted by Gasteiger charge is -2.11. The van der Waals surface area contributed by atoms with Crippen LogP contribution in [0.15, 0.2) is 60.7 Å². The van der Waals surface area contributed by atoms with Gasteiger partial charge in [0.1, 0.15) is 22.6 Å². The van der Waals surface area contributed by atoms with Crippen molar-refractivity contribution in [3.63, 3.8) is 0 Å². The zero-order chi connectivity index (χ0) is 42.4. The summed E-state index contributed by atoms with van der Waals surface area (Å²) in [6.45, 7) is 0. The van der Waals surface area contributed by atoms with E-state index >= 15 is 0 Å². The lowest BCUT2D eigenvalue weighted by atomic mass is 10.1. The molecule has 0 aliphatic rings. The summed E-state index contributed by atoms with van der Waals surface area (Å²) in [5.74, 6) is -9.13. The Labute approximate surface area is 335 Å². The Bertz CT molecular complexity index is 2070. The SMILES string of the molecule is O=C(Oc1c(Cl)cc(Cl)cc1Cl)C(=O)Oc1c(Cl)cc(Cl)cc1Cl.O=C(Oc1ccc([N+](=O)[O-])c(C(F)(F)F)c1)C(=O)Oc1ccc([N+](=O)[O-])c(C(F)(F)F)c1. The second-order valence-electron chi connectivity index (χ2n) is 9.82. The number of ether oxygens (including phenoxy) is 4. The van der Waals surface area contributed by atoms with E-state index in [4.69, 9.17) is 79.1 Å². The van der Waals surface area contributed by atoms with Crippen molar-refractivity contribution in [2.24, 2.45) is 0 Å². The topological polar surface area (TPSA) is 191 Å². The van der Waals surface area contributed by atoms with E-state index in [0.717, 1.165) is 0 Å². The number of nitro benzene ring substituents is 2. The van der Waals surface area contributed by atoms with Gasteiger partial charge in [-0.25, -0.2) is 19.2 Å². The van der Waals surface area contributed by atoms with Crippen LogP contribution in [0.3, 0.4) is 0 Å². The van der Waals surface area contributed by atoms with E-state index in [1.54, 1.807) is 0 Å². The zero-order valence-corrected chi connectivity index (χ0v) is 30.6. The highest BCUT2D eigenvalue weighted by atomic mass is 35.5. The predicted octanol–water partition coefficient (Wildman–Crippen LogP) is 10.2. The molecule has 4 rings (SSSR count). The normalized spacial score (nSPS) is 11.1. The van der Waals surface area contributed by atoms with Crippen LogP contribution in [0.4, 0.5) is 37.7 Å². The molecule has 0 bridgehead atoms. The van der Waals surface area contributed by atoms with Crippen LogP contribution >= 0.6 is 69.6 Å². The molecule has 0 unspecified atom stereocenters. The highest BCUT2D eigenvalue weighted by molar-refractivity contribution is 6.42. The molecule has 4 aromatic carbocycles. The van der Waals surface area contributed by atoms with E-state index in [1.165, 1.54) is 24.3 Å². The third-order valence-corrected chi connectivity index (χ3v) is 7.57. The van der Waals surface area contributed by atoms with Crippen LogP contribution in [0.5, 0.6) is 23.0 Å². The van der Waals surface area contributed by atoms with Gasteiger partial charge in [-0.2, -0.15) is 26.3 Å². The van der Waals surface area contributed by atoms with Gasteiger partial charge in [0, 0.05) is 34.3 Å². The Morgan fingerprint density at radius 1 is 0.482 bits per heavy atom. The Balaban J connectivity index is 0.000000313. The molecule has 0 heterocycles. The van der Waals surface area contributed by atoms with Gasteiger partial charge in [-0.3, -0.25) is 20.2 Å². The summed E-state index contributed by atoms with van der Waals surface area (Å²) in [6, 6.07) is 7.08. The molecule has 0 saturated heterocycles. The second-order valence-corrected chi connectivity index (χ2v) is 12.3. The minimum absolute atomic E-state index is 0.0525. The summed E-state index contributed by atoms with van der Waals surface area (Å²) in [7, 11) is 0. The van der Waals surface area contributed by atoms with E-state index < -0.39 is 80.1 Å². The predicted molar refractivity (Wildman–Crippen MR) is 182 cm³/mol. The van der Waals surface area contributed by atoms with Crippen LogP contribution < -0.4 is 18.9 Å². The number of nitro groups is 2. The molecule has 0 aromatic heterocycles. The molecule has 296 valence electrons. The third kappa shape index (κ3) is 11.9. The Hall–Kier alpha value is -5.12. The Morgan fingerprint density at radius 3 is 1.00 bits per heavy atom. The molecular weight excluding hydrogens is 907 g/mol. The highest BCUT2D eigenvalue weighted by Gasteiger charge is 2.40. The van der Waals surface area contributed by atoms with Crippen LogP contribution in [-0.4, -0.2) is 33.7 Å². The fraction of sp³-hybridized carbons (Fsp3) is 0.0667. The Kier molecular flexibility index (Phi) is 14.7. The Morgan fingerprint density at radius 2 is 0.750 bits per heavy atom. The smallest absolute Gasteiger partial charge is 0.418 e. The van der Waals surface area contributed by atoms with Crippen molar-refractivity contribution in [1.82, 2.24) is 0 Å². The first kappa shape index (κ1) is 45.3. The van der Waals surface area contributed by atoms with Crippen LogP contribution in [0.2, 0.25) is 30.1 Å². The molecule has 4 aromatic rings. The van der Waals surface area contributed by atoms with Crippen LogP contribution in [0.25, 0.3) is 0 Å². The van der Waals surface area contributed by atoms with E-state index in [-0.39, 0.29) is 53.8 Å². The molecule has 0 N–H and O–H groups in total. The van der Waals surface area contributed by atoms with Crippen molar-refractivity contribution in [2.75, 3.05) is 0 Å². The maximum atomic E-state index is 12.9. The third-order valence-electron chi connectivity index (χ3n) is 6.01. The summed E-state index contributed by atoms with van der Waals surface area (Å²) >= 11 is 34.9. The number of benzene rings is 4. The summed E-state index contributed by atoms with van der Waals surface area (Å²) in [6.07, 6.45) is -10.4. The van der Waals surface area contributed by atoms with Gasteiger partial charge in [-0.1, -0.05) is 69.6 Å². The van der Waals surface area contributed by atoms with E-state index in [2.05, 4.69) is 9.47 Å². The quantitative estimate of drug-likeness (QED) is 0.0445. The van der Waals surface area contributed by atoms with Crippen molar-refractivity contribution in [2.45, 2.75) is 12.4 Å². The number of carbonyl (C=O) groups is 4. The minimum Gasteiger partial charge on any atom is -0.418 e. The fourth-order valence-electron chi connectivity index (χ4n) is 3.75. The van der Waals surface area contributed by atoms with Gasteiger partial charge in [0.25, 0.3) is 11.4 Å². The molecule has 0 spiro atoms. The van der Waals surface area contributed by atoms with Crippen molar-refractivity contribution >= 4 is 105 Å². The molecule has 14 nitrogen and oxygen atoms in total. The van der Waals surface area contributed by atoms with Crippen molar-refractivity contribution < 1.29 is 74.3 Å². The standard InChI is InChI=1S/C16H6F6N2O8.C14H4Cl6O4/c17-15(18,19)9-5-7(1-3-11(9)23(27)28)31-13(25)14(26)32-8-2-4-12(24(29)30)10(6-8)16(20,21)22;15-5-1-7(17)11(8(18)2-5)23-13(21)14(22)24-12-9(19)3-6(16)4-10(12)20/h1-6H;1-4H. The molecule has 26 heteroatoms. The van der Waals surface area contributed by atoms with E-state index in [0.29, 0.717) is 24.3 Å². The number of carbonyl (C=O) groups excluding carboxylic acids is 4. The lowest BCUT2D eigenvalue weighted by Crippen LogP contribution is -2.26. The molecule has 0 radical (unpaired) electrons. The lowest BCUT2D eigenvalue weighted by molar-refractivity contribution is -0.388. The number of halogens is 12. The van der Waals surface area contributed by atoms with Crippen molar-refractivity contribution in [3.05, 3.63) is 122 Å². The number of esters is 4. The summed E-state index contributed by atoms with van der Waals surface area (Å²) < 4.78 is 95.8. The molecule has 0 aliphatic carbocycles. The average molecular weight is 917 g/mol. The van der Waals surface area contributed by atoms with Gasteiger partial charge in [0.15, 0.2) is 11.5 Å². The average Bonchev–Trinajstić information content (AvgIpc) is 3.07. The number of hydrogen-bond donors (Lipinski definition) is 0. The summed E-state index contributed by atoms with van der Waals surface area (Å²) in [5.41, 5.74) is -6.34. The second kappa shape index (κ2) is 18.2. The summed E-state index contributed by atoms with van der Waals surface area (Å²) in [5, 5.41) is 21.6. The largest absolute Gasteiger partial charge is 0.423 e. The number of nitrogens with zero attached hydrogens (tertiary/aromatic N) is 2. The first-order valence-electron chi connectivity index (χ1n) is 13.7. The maximum absolute atomic E-state index is 12.9. The summed E-state index contributed by atoms with van der Waals surface area (Å²) in [4.78, 5) is 65.7. The van der Waals surface area contributed by atoms with Gasteiger partial charge < -0.3 is 18.9 Å².